The Hall–Kier alpha value is -2.30. The lowest BCUT2D eigenvalue weighted by Gasteiger charge is -2.14. The van der Waals surface area contributed by atoms with E-state index in [2.05, 4.69) is 10.3 Å². The summed E-state index contributed by atoms with van der Waals surface area (Å²) in [7, 11) is 3.47. The molecule has 0 radical (unpaired) electrons. The second kappa shape index (κ2) is 5.14. The number of anilines is 2. The number of nitrogens with zero attached hydrogens (tertiary/aromatic N) is 2. The summed E-state index contributed by atoms with van der Waals surface area (Å²) >= 11 is 0. The molecule has 0 aliphatic rings. The van der Waals surface area contributed by atoms with Gasteiger partial charge in [-0.25, -0.2) is 0 Å². The van der Waals surface area contributed by atoms with Crippen molar-refractivity contribution in [2.75, 3.05) is 31.7 Å². The van der Waals surface area contributed by atoms with E-state index < -0.39 is 0 Å². The Labute approximate surface area is 112 Å². The van der Waals surface area contributed by atoms with Crippen molar-refractivity contribution in [1.82, 2.24) is 9.88 Å². The van der Waals surface area contributed by atoms with Crippen LogP contribution >= 0.6 is 0 Å². The molecule has 1 aromatic heterocycles. The third-order valence-electron chi connectivity index (χ3n) is 2.89. The van der Waals surface area contributed by atoms with E-state index in [1.807, 2.05) is 31.2 Å². The van der Waals surface area contributed by atoms with Gasteiger partial charge in [0.25, 0.3) is 0 Å². The van der Waals surface area contributed by atoms with Crippen LogP contribution in [0.2, 0.25) is 0 Å². The van der Waals surface area contributed by atoms with Crippen molar-refractivity contribution < 1.29 is 4.79 Å². The fourth-order valence-electron chi connectivity index (χ4n) is 1.85. The predicted octanol–water partition coefficient (Wildman–Crippen LogP) is 1.63. The van der Waals surface area contributed by atoms with Crippen LogP contribution in [-0.4, -0.2) is 36.4 Å². The average molecular weight is 258 g/mol. The highest BCUT2D eigenvalue weighted by Gasteiger charge is 2.07. The van der Waals surface area contributed by atoms with Crippen LogP contribution in [0.4, 0.5) is 11.4 Å². The largest absolute Gasteiger partial charge is 0.399 e. The molecule has 0 saturated heterocycles. The number of hydrogen-bond donors (Lipinski definition) is 2. The quantitative estimate of drug-likeness (QED) is 0.821. The molecule has 19 heavy (non-hydrogen) atoms. The van der Waals surface area contributed by atoms with Gasteiger partial charge in [-0.2, -0.15) is 0 Å². The van der Waals surface area contributed by atoms with Crippen LogP contribution in [0.3, 0.4) is 0 Å². The van der Waals surface area contributed by atoms with Gasteiger partial charge in [0.1, 0.15) is 0 Å². The number of hydrogen-bond acceptors (Lipinski definition) is 4. The van der Waals surface area contributed by atoms with E-state index in [0.29, 0.717) is 5.69 Å². The summed E-state index contributed by atoms with van der Waals surface area (Å²) < 4.78 is 0. The van der Waals surface area contributed by atoms with Crippen LogP contribution < -0.4 is 11.1 Å². The number of carbonyl (C=O) groups excluding carboxylic acids is 1. The first-order valence-electron chi connectivity index (χ1n) is 6.08. The molecular formula is C14H18N4O. The molecule has 2 rings (SSSR count). The Morgan fingerprint density at radius 2 is 2.11 bits per heavy atom. The zero-order valence-corrected chi connectivity index (χ0v) is 11.4. The van der Waals surface area contributed by atoms with Gasteiger partial charge in [-0.05, 0) is 31.2 Å². The summed E-state index contributed by atoms with van der Waals surface area (Å²) in [5.41, 5.74) is 9.13. The van der Waals surface area contributed by atoms with Crippen molar-refractivity contribution in [3.05, 3.63) is 30.0 Å². The van der Waals surface area contributed by atoms with E-state index >= 15 is 0 Å². The maximum Gasteiger partial charge on any atom is 0.241 e. The second-order valence-electron chi connectivity index (χ2n) is 4.73. The molecule has 5 heteroatoms. The van der Waals surface area contributed by atoms with Crippen LogP contribution in [0.5, 0.6) is 0 Å². The monoisotopic (exact) mass is 258 g/mol. The van der Waals surface area contributed by atoms with Crippen LogP contribution in [0, 0.1) is 6.92 Å². The van der Waals surface area contributed by atoms with Gasteiger partial charge in [-0.3, -0.25) is 9.78 Å². The molecule has 5 nitrogen and oxygen atoms in total. The van der Waals surface area contributed by atoms with Gasteiger partial charge >= 0.3 is 0 Å². The fraction of sp³-hybridized carbons (Fsp3) is 0.286. The standard InChI is InChI=1S/C14H18N4O/c1-9-6-13(16-8-14(19)18(2)3)11-7-10(15)4-5-12(11)17-9/h4-7H,8,15H2,1-3H3,(H,16,17). The zero-order valence-electron chi connectivity index (χ0n) is 11.4. The Balaban J connectivity index is 2.36. The Morgan fingerprint density at radius 3 is 2.79 bits per heavy atom. The number of aryl methyl sites for hydroxylation is 1. The number of fused-ring (bicyclic) bond motifs is 1. The zero-order chi connectivity index (χ0) is 14.0. The van der Waals surface area contributed by atoms with E-state index in [0.717, 1.165) is 22.3 Å². The third kappa shape index (κ3) is 2.93. The van der Waals surface area contributed by atoms with Crippen LogP contribution in [0.25, 0.3) is 10.9 Å². The molecule has 0 atom stereocenters. The number of carbonyl (C=O) groups is 1. The van der Waals surface area contributed by atoms with Crippen molar-refractivity contribution in [2.24, 2.45) is 0 Å². The van der Waals surface area contributed by atoms with Gasteiger partial charge in [0, 0.05) is 36.6 Å². The molecule has 0 fully saturated rings. The van der Waals surface area contributed by atoms with E-state index in [-0.39, 0.29) is 12.5 Å². The first kappa shape index (κ1) is 13.1. The van der Waals surface area contributed by atoms with Crippen molar-refractivity contribution >= 4 is 28.2 Å². The molecule has 0 spiro atoms. The lowest BCUT2D eigenvalue weighted by Crippen LogP contribution is -2.28. The second-order valence-corrected chi connectivity index (χ2v) is 4.73. The topological polar surface area (TPSA) is 71.2 Å². The Kier molecular flexibility index (Phi) is 3.55. The number of amides is 1. The molecule has 2 aromatic rings. The normalized spacial score (nSPS) is 10.5. The van der Waals surface area contributed by atoms with Gasteiger partial charge in [-0.1, -0.05) is 0 Å². The van der Waals surface area contributed by atoms with Gasteiger partial charge in [0.15, 0.2) is 0 Å². The molecule has 0 saturated carbocycles. The van der Waals surface area contributed by atoms with E-state index in [4.69, 9.17) is 5.73 Å². The van der Waals surface area contributed by atoms with E-state index in [9.17, 15) is 4.79 Å². The Morgan fingerprint density at radius 1 is 1.37 bits per heavy atom. The summed E-state index contributed by atoms with van der Waals surface area (Å²) in [6.07, 6.45) is 0. The lowest BCUT2D eigenvalue weighted by atomic mass is 10.1. The van der Waals surface area contributed by atoms with Gasteiger partial charge in [0.05, 0.1) is 12.1 Å². The molecule has 0 bridgehead atoms. The van der Waals surface area contributed by atoms with Crippen molar-refractivity contribution in [2.45, 2.75) is 6.92 Å². The van der Waals surface area contributed by atoms with Gasteiger partial charge < -0.3 is 16.0 Å². The van der Waals surface area contributed by atoms with Crippen molar-refractivity contribution in [1.29, 1.82) is 0 Å². The van der Waals surface area contributed by atoms with Crippen molar-refractivity contribution in [3.63, 3.8) is 0 Å². The Bertz CT molecular complexity index is 622. The maximum atomic E-state index is 11.6. The predicted molar refractivity (Wildman–Crippen MR) is 78.1 cm³/mol. The summed E-state index contributed by atoms with van der Waals surface area (Å²) in [6.45, 7) is 2.18. The molecule has 1 amide bonds. The minimum absolute atomic E-state index is 0.0199. The maximum absolute atomic E-state index is 11.6. The molecule has 0 unspecified atom stereocenters. The number of nitrogen functional groups attached to an aromatic ring is 1. The first-order valence-corrected chi connectivity index (χ1v) is 6.08. The number of benzene rings is 1. The first-order chi connectivity index (χ1) is 8.97. The third-order valence-corrected chi connectivity index (χ3v) is 2.89. The number of likely N-dealkylation sites (N-methyl/N-ethyl adjacent to an activating group) is 1. The highest BCUT2D eigenvalue weighted by atomic mass is 16.2. The van der Waals surface area contributed by atoms with E-state index in [1.54, 1.807) is 19.0 Å². The number of aromatic nitrogens is 1. The summed E-state index contributed by atoms with van der Waals surface area (Å²) in [5.74, 6) is 0.0199. The number of nitrogens with one attached hydrogen (secondary N) is 1. The fourth-order valence-corrected chi connectivity index (χ4v) is 1.85. The highest BCUT2D eigenvalue weighted by Crippen LogP contribution is 2.25. The number of nitrogens with two attached hydrogens (primary N) is 1. The van der Waals surface area contributed by atoms with Gasteiger partial charge in [-0.15, -0.1) is 0 Å². The summed E-state index contributed by atoms with van der Waals surface area (Å²) in [4.78, 5) is 17.6. The lowest BCUT2D eigenvalue weighted by molar-refractivity contribution is -0.126. The van der Waals surface area contributed by atoms with Gasteiger partial charge in [0.2, 0.25) is 5.91 Å². The smallest absolute Gasteiger partial charge is 0.241 e. The van der Waals surface area contributed by atoms with Crippen molar-refractivity contribution in [3.8, 4) is 0 Å². The minimum atomic E-state index is 0.0199. The SMILES string of the molecule is Cc1cc(NCC(=O)N(C)C)c2cc(N)ccc2n1. The van der Waals surface area contributed by atoms with Crippen LogP contribution in [0.1, 0.15) is 5.69 Å². The summed E-state index contributed by atoms with van der Waals surface area (Å²) in [6, 6.07) is 7.50. The van der Waals surface area contributed by atoms with E-state index in [1.165, 1.54) is 0 Å². The molecule has 3 N–H and O–H groups in total. The molecule has 100 valence electrons. The number of rotatable bonds is 3. The van der Waals surface area contributed by atoms with Crippen LogP contribution in [-0.2, 0) is 4.79 Å². The number of pyridine rings is 1. The molecule has 0 aliphatic carbocycles. The molecule has 1 heterocycles. The minimum Gasteiger partial charge on any atom is -0.399 e. The highest BCUT2D eigenvalue weighted by molar-refractivity contribution is 5.94. The molecule has 0 aliphatic heterocycles. The van der Waals surface area contributed by atoms with Crippen LogP contribution in [0.15, 0.2) is 24.3 Å². The molecular weight excluding hydrogens is 240 g/mol. The average Bonchev–Trinajstić information content (AvgIpc) is 2.36. The molecule has 1 aromatic carbocycles. The summed E-state index contributed by atoms with van der Waals surface area (Å²) in [5, 5.41) is 4.08.